The number of rotatable bonds is 10. The molecule has 0 radical (unpaired) electrons. The van der Waals surface area contributed by atoms with Gasteiger partial charge in [-0.15, -0.1) is 0 Å². The summed E-state index contributed by atoms with van der Waals surface area (Å²) in [6.07, 6.45) is 0.819. The maximum Gasteiger partial charge on any atom is 0.327 e. The minimum Gasteiger partial charge on any atom is -0.480 e. The van der Waals surface area contributed by atoms with E-state index in [0.29, 0.717) is 19.1 Å². The molecule has 1 unspecified atom stereocenters. The summed E-state index contributed by atoms with van der Waals surface area (Å²) in [6.45, 7) is 7.76. The molecule has 0 heterocycles. The highest BCUT2D eigenvalue weighted by molar-refractivity contribution is 5.82. The van der Waals surface area contributed by atoms with Crippen LogP contribution in [0.15, 0.2) is 0 Å². The van der Waals surface area contributed by atoms with Crippen molar-refractivity contribution >= 4 is 11.9 Å². The highest BCUT2D eigenvalue weighted by atomic mass is 16.5. The van der Waals surface area contributed by atoms with Crippen molar-refractivity contribution in [2.75, 3.05) is 26.3 Å². The van der Waals surface area contributed by atoms with Gasteiger partial charge in [-0.1, -0.05) is 13.8 Å². The van der Waals surface area contributed by atoms with Crippen LogP contribution in [0.1, 0.15) is 27.2 Å². The van der Waals surface area contributed by atoms with Gasteiger partial charge < -0.3 is 20.5 Å². The van der Waals surface area contributed by atoms with Crippen molar-refractivity contribution in [2.45, 2.75) is 33.2 Å². The minimum absolute atomic E-state index is 0.221. The highest BCUT2D eigenvalue weighted by Gasteiger charge is 2.17. The predicted molar refractivity (Wildman–Crippen MR) is 68.4 cm³/mol. The van der Waals surface area contributed by atoms with Crippen molar-refractivity contribution in [3.63, 3.8) is 0 Å². The van der Waals surface area contributed by atoms with Crippen LogP contribution in [-0.2, 0) is 14.3 Å². The largest absolute Gasteiger partial charge is 0.480 e. The molecule has 0 fully saturated rings. The standard InChI is InChI=1S/C12H24N2O4/c1-9(2)8-18-6-4-5-13-7-11(12(16)17)14-10(3)15/h9,11,13H,4-8H2,1-3H3,(H,14,15)(H,16,17). The Kier molecular flexibility index (Phi) is 9.22. The zero-order chi connectivity index (χ0) is 14.0. The van der Waals surface area contributed by atoms with Crippen LogP contribution in [0.2, 0.25) is 0 Å². The molecule has 6 nitrogen and oxygen atoms in total. The molecule has 0 saturated heterocycles. The molecule has 0 bridgehead atoms. The fourth-order valence-electron chi connectivity index (χ4n) is 1.31. The third-order valence-corrected chi connectivity index (χ3v) is 2.12. The lowest BCUT2D eigenvalue weighted by molar-refractivity contribution is -0.141. The van der Waals surface area contributed by atoms with Crippen LogP contribution in [0.3, 0.4) is 0 Å². The quantitative estimate of drug-likeness (QED) is 0.489. The maximum atomic E-state index is 10.8. The summed E-state index contributed by atoms with van der Waals surface area (Å²) in [5.41, 5.74) is 0. The average Bonchev–Trinajstić information content (AvgIpc) is 2.25. The number of ether oxygens (including phenoxy) is 1. The third kappa shape index (κ3) is 10.0. The molecule has 0 saturated carbocycles. The zero-order valence-electron chi connectivity index (χ0n) is 11.4. The number of aliphatic carboxylic acids is 1. The van der Waals surface area contributed by atoms with Gasteiger partial charge in [0.1, 0.15) is 6.04 Å². The number of carbonyl (C=O) groups excluding carboxylic acids is 1. The molecule has 3 N–H and O–H groups in total. The number of carboxylic acid groups (broad SMARTS) is 1. The van der Waals surface area contributed by atoms with Crippen molar-refractivity contribution in [1.82, 2.24) is 10.6 Å². The number of hydrogen-bond donors (Lipinski definition) is 3. The first-order valence-corrected chi connectivity index (χ1v) is 6.21. The molecule has 18 heavy (non-hydrogen) atoms. The van der Waals surface area contributed by atoms with E-state index in [1.54, 1.807) is 0 Å². The van der Waals surface area contributed by atoms with Gasteiger partial charge in [-0.2, -0.15) is 0 Å². The molecular weight excluding hydrogens is 236 g/mol. The summed E-state index contributed by atoms with van der Waals surface area (Å²) in [5.74, 6) is -0.854. The van der Waals surface area contributed by atoms with E-state index in [9.17, 15) is 9.59 Å². The summed E-state index contributed by atoms with van der Waals surface area (Å²) >= 11 is 0. The van der Waals surface area contributed by atoms with Crippen LogP contribution in [0.4, 0.5) is 0 Å². The molecular formula is C12H24N2O4. The second kappa shape index (κ2) is 9.85. The Morgan fingerprint density at radius 1 is 1.33 bits per heavy atom. The van der Waals surface area contributed by atoms with E-state index in [4.69, 9.17) is 9.84 Å². The van der Waals surface area contributed by atoms with E-state index in [0.717, 1.165) is 13.0 Å². The van der Waals surface area contributed by atoms with E-state index in [1.165, 1.54) is 6.92 Å². The van der Waals surface area contributed by atoms with Crippen LogP contribution in [0.25, 0.3) is 0 Å². The monoisotopic (exact) mass is 260 g/mol. The molecule has 0 aliphatic rings. The fourth-order valence-corrected chi connectivity index (χ4v) is 1.31. The number of hydrogen-bond acceptors (Lipinski definition) is 4. The van der Waals surface area contributed by atoms with Gasteiger partial charge in [0.05, 0.1) is 0 Å². The number of carbonyl (C=O) groups is 2. The molecule has 1 atom stereocenters. The molecule has 0 aromatic heterocycles. The lowest BCUT2D eigenvalue weighted by Gasteiger charge is -2.14. The van der Waals surface area contributed by atoms with Crippen molar-refractivity contribution < 1.29 is 19.4 Å². The summed E-state index contributed by atoms with van der Waals surface area (Å²) in [6, 6.07) is -0.876. The van der Waals surface area contributed by atoms with E-state index in [1.807, 2.05) is 0 Å². The van der Waals surface area contributed by atoms with Gasteiger partial charge in [-0.3, -0.25) is 4.79 Å². The molecule has 0 aromatic carbocycles. The van der Waals surface area contributed by atoms with Gasteiger partial charge in [0.2, 0.25) is 5.91 Å². The molecule has 0 aliphatic heterocycles. The third-order valence-electron chi connectivity index (χ3n) is 2.12. The van der Waals surface area contributed by atoms with Gasteiger partial charge in [-0.05, 0) is 18.9 Å². The number of nitrogens with one attached hydrogen (secondary N) is 2. The second-order valence-electron chi connectivity index (χ2n) is 4.62. The Hall–Kier alpha value is -1.14. The SMILES string of the molecule is CC(=O)NC(CNCCCOCC(C)C)C(=O)O. The number of amides is 1. The van der Waals surface area contributed by atoms with E-state index < -0.39 is 12.0 Å². The first kappa shape index (κ1) is 16.9. The molecule has 6 heteroatoms. The Labute approximate surface area is 108 Å². The zero-order valence-corrected chi connectivity index (χ0v) is 11.4. The van der Waals surface area contributed by atoms with Gasteiger partial charge in [0.15, 0.2) is 0 Å². The maximum absolute atomic E-state index is 10.8. The molecule has 1 amide bonds. The van der Waals surface area contributed by atoms with Gasteiger partial charge in [-0.25, -0.2) is 4.79 Å². The van der Waals surface area contributed by atoms with Crippen molar-refractivity contribution in [3.05, 3.63) is 0 Å². The molecule has 0 rings (SSSR count). The Balaban J connectivity index is 3.55. The summed E-state index contributed by atoms with van der Waals surface area (Å²) < 4.78 is 5.39. The first-order valence-electron chi connectivity index (χ1n) is 6.21. The smallest absolute Gasteiger partial charge is 0.327 e. The first-order chi connectivity index (χ1) is 8.43. The topological polar surface area (TPSA) is 87.7 Å². The van der Waals surface area contributed by atoms with E-state index >= 15 is 0 Å². The van der Waals surface area contributed by atoms with E-state index in [2.05, 4.69) is 24.5 Å². The summed E-state index contributed by atoms with van der Waals surface area (Å²) in [5, 5.41) is 14.2. The molecule has 0 aliphatic carbocycles. The molecule has 106 valence electrons. The van der Waals surface area contributed by atoms with Crippen LogP contribution >= 0.6 is 0 Å². The van der Waals surface area contributed by atoms with Crippen molar-refractivity contribution in [3.8, 4) is 0 Å². The number of carboxylic acids is 1. The molecule has 0 aromatic rings. The lowest BCUT2D eigenvalue weighted by atomic mass is 10.2. The van der Waals surface area contributed by atoms with Gasteiger partial charge in [0.25, 0.3) is 0 Å². The Morgan fingerprint density at radius 2 is 2.00 bits per heavy atom. The summed E-state index contributed by atoms with van der Waals surface area (Å²) in [7, 11) is 0. The Bertz CT molecular complexity index is 256. The summed E-state index contributed by atoms with van der Waals surface area (Å²) in [4.78, 5) is 21.6. The normalized spacial score (nSPS) is 12.4. The Morgan fingerprint density at radius 3 is 2.50 bits per heavy atom. The van der Waals surface area contributed by atoms with Crippen molar-refractivity contribution in [2.24, 2.45) is 5.92 Å². The molecule has 0 spiro atoms. The van der Waals surface area contributed by atoms with Crippen LogP contribution in [-0.4, -0.2) is 49.3 Å². The van der Waals surface area contributed by atoms with Crippen LogP contribution < -0.4 is 10.6 Å². The lowest BCUT2D eigenvalue weighted by Crippen LogP contribution is -2.46. The second-order valence-corrected chi connectivity index (χ2v) is 4.62. The highest BCUT2D eigenvalue weighted by Crippen LogP contribution is 1.93. The van der Waals surface area contributed by atoms with E-state index in [-0.39, 0.29) is 12.5 Å². The van der Waals surface area contributed by atoms with Crippen molar-refractivity contribution in [1.29, 1.82) is 0 Å². The fraction of sp³-hybridized carbons (Fsp3) is 0.833. The van der Waals surface area contributed by atoms with Gasteiger partial charge >= 0.3 is 5.97 Å². The minimum atomic E-state index is -1.03. The average molecular weight is 260 g/mol. The predicted octanol–water partition coefficient (Wildman–Crippen LogP) is 0.228. The van der Waals surface area contributed by atoms with Crippen LogP contribution in [0, 0.1) is 5.92 Å². The van der Waals surface area contributed by atoms with Crippen LogP contribution in [0.5, 0.6) is 0 Å². The van der Waals surface area contributed by atoms with Gasteiger partial charge in [0, 0.05) is 26.7 Å².